The summed E-state index contributed by atoms with van der Waals surface area (Å²) < 4.78 is 12.9. The summed E-state index contributed by atoms with van der Waals surface area (Å²) in [7, 11) is 0. The molecule has 0 heterocycles. The minimum absolute atomic E-state index is 0.189. The fourth-order valence-electron chi connectivity index (χ4n) is 2.72. The van der Waals surface area contributed by atoms with Gasteiger partial charge in [0.15, 0.2) is 0 Å². The number of hydrogen-bond acceptors (Lipinski definition) is 2. The van der Waals surface area contributed by atoms with Crippen molar-refractivity contribution in [2.24, 2.45) is 5.92 Å². The highest BCUT2D eigenvalue weighted by molar-refractivity contribution is 5.22. The van der Waals surface area contributed by atoms with Gasteiger partial charge >= 0.3 is 0 Å². The molecule has 2 aliphatic carbocycles. The van der Waals surface area contributed by atoms with Crippen LogP contribution in [0.2, 0.25) is 0 Å². The predicted octanol–water partition coefficient (Wildman–Crippen LogP) is 2.78. The topological polar surface area (TPSA) is 32.3 Å². The fourth-order valence-corrected chi connectivity index (χ4v) is 2.72. The van der Waals surface area contributed by atoms with Crippen molar-refractivity contribution < 1.29 is 9.50 Å². The van der Waals surface area contributed by atoms with Crippen LogP contribution in [-0.2, 0) is 0 Å². The average molecular weight is 249 g/mol. The maximum atomic E-state index is 12.9. The molecule has 1 aromatic carbocycles. The van der Waals surface area contributed by atoms with Crippen LogP contribution in [0.1, 0.15) is 43.7 Å². The first-order valence-corrected chi connectivity index (χ1v) is 6.88. The van der Waals surface area contributed by atoms with E-state index in [1.807, 2.05) is 12.1 Å². The Balaban J connectivity index is 1.66. The molecule has 1 unspecified atom stereocenters. The van der Waals surface area contributed by atoms with Crippen LogP contribution in [0.25, 0.3) is 0 Å². The van der Waals surface area contributed by atoms with Crippen molar-refractivity contribution in [3.63, 3.8) is 0 Å². The van der Waals surface area contributed by atoms with Crippen LogP contribution < -0.4 is 5.32 Å². The maximum Gasteiger partial charge on any atom is 0.123 e. The Morgan fingerprint density at radius 3 is 2.44 bits per heavy atom. The Morgan fingerprint density at radius 1 is 1.28 bits per heavy atom. The molecule has 1 aromatic rings. The van der Waals surface area contributed by atoms with Crippen molar-refractivity contribution in [2.45, 2.75) is 43.7 Å². The first-order valence-electron chi connectivity index (χ1n) is 6.88. The molecule has 0 spiro atoms. The van der Waals surface area contributed by atoms with Gasteiger partial charge < -0.3 is 10.4 Å². The molecule has 0 aliphatic heterocycles. The second-order valence-corrected chi connectivity index (χ2v) is 5.83. The zero-order valence-corrected chi connectivity index (χ0v) is 10.5. The summed E-state index contributed by atoms with van der Waals surface area (Å²) in [4.78, 5) is 0. The number of benzene rings is 1. The van der Waals surface area contributed by atoms with E-state index < -0.39 is 5.60 Å². The van der Waals surface area contributed by atoms with Gasteiger partial charge in [-0.2, -0.15) is 0 Å². The monoisotopic (exact) mass is 249 g/mol. The SMILES string of the molecule is OC1(CNC(c2ccc(F)cc2)C2CC2)CCC1. The predicted molar refractivity (Wildman–Crippen MR) is 68.7 cm³/mol. The Bertz CT molecular complexity index is 409. The third-order valence-corrected chi connectivity index (χ3v) is 4.26. The van der Waals surface area contributed by atoms with Gasteiger partial charge in [-0.1, -0.05) is 12.1 Å². The molecular weight excluding hydrogens is 229 g/mol. The molecule has 2 N–H and O–H groups in total. The minimum atomic E-state index is -0.493. The highest BCUT2D eigenvalue weighted by Crippen LogP contribution is 2.41. The van der Waals surface area contributed by atoms with Gasteiger partial charge in [-0.15, -0.1) is 0 Å². The van der Waals surface area contributed by atoms with Gasteiger partial charge in [-0.3, -0.25) is 0 Å². The van der Waals surface area contributed by atoms with Crippen molar-refractivity contribution in [3.05, 3.63) is 35.6 Å². The number of rotatable bonds is 5. The Morgan fingerprint density at radius 2 is 1.94 bits per heavy atom. The second kappa shape index (κ2) is 4.63. The first-order chi connectivity index (χ1) is 8.66. The molecule has 3 heteroatoms. The third kappa shape index (κ3) is 2.57. The van der Waals surface area contributed by atoms with Crippen LogP contribution in [0.5, 0.6) is 0 Å². The number of halogens is 1. The first kappa shape index (κ1) is 12.1. The van der Waals surface area contributed by atoms with E-state index in [-0.39, 0.29) is 11.9 Å². The van der Waals surface area contributed by atoms with E-state index in [0.29, 0.717) is 12.5 Å². The quantitative estimate of drug-likeness (QED) is 0.841. The highest BCUT2D eigenvalue weighted by Gasteiger charge is 2.37. The zero-order valence-electron chi connectivity index (χ0n) is 10.5. The average Bonchev–Trinajstić information content (AvgIpc) is 3.14. The Hall–Kier alpha value is -0.930. The van der Waals surface area contributed by atoms with Crippen LogP contribution in [0, 0.1) is 11.7 Å². The molecule has 1 atom stereocenters. The van der Waals surface area contributed by atoms with Gasteiger partial charge in [0.1, 0.15) is 5.82 Å². The van der Waals surface area contributed by atoms with Gasteiger partial charge in [0.05, 0.1) is 5.60 Å². The van der Waals surface area contributed by atoms with Crippen LogP contribution in [-0.4, -0.2) is 17.3 Å². The number of hydrogen-bond donors (Lipinski definition) is 2. The molecule has 0 bridgehead atoms. The summed E-state index contributed by atoms with van der Waals surface area (Å²) in [6, 6.07) is 7.02. The van der Waals surface area contributed by atoms with Gasteiger partial charge in [-0.25, -0.2) is 4.39 Å². The molecule has 2 fully saturated rings. The van der Waals surface area contributed by atoms with E-state index in [4.69, 9.17) is 0 Å². The molecule has 98 valence electrons. The van der Waals surface area contributed by atoms with Crippen molar-refractivity contribution in [1.29, 1.82) is 0 Å². The lowest BCUT2D eigenvalue weighted by Crippen LogP contribution is -2.47. The van der Waals surface area contributed by atoms with E-state index in [2.05, 4.69) is 5.32 Å². The highest BCUT2D eigenvalue weighted by atomic mass is 19.1. The normalized spacial score (nSPS) is 23.4. The third-order valence-electron chi connectivity index (χ3n) is 4.26. The Kier molecular flexibility index (Phi) is 3.12. The van der Waals surface area contributed by atoms with Crippen LogP contribution in [0.3, 0.4) is 0 Å². The summed E-state index contributed by atoms with van der Waals surface area (Å²) in [6.07, 6.45) is 5.39. The fraction of sp³-hybridized carbons (Fsp3) is 0.600. The Labute approximate surface area is 107 Å². The summed E-state index contributed by atoms with van der Waals surface area (Å²) in [6.45, 7) is 0.658. The molecule has 0 aromatic heterocycles. The van der Waals surface area contributed by atoms with E-state index in [9.17, 15) is 9.50 Å². The van der Waals surface area contributed by atoms with Crippen molar-refractivity contribution >= 4 is 0 Å². The standard InChI is InChI=1S/C15H20FNO/c16-13-6-4-12(5-7-13)14(11-2-3-11)17-10-15(18)8-1-9-15/h4-7,11,14,17-18H,1-3,8-10H2. The van der Waals surface area contributed by atoms with Gasteiger partial charge in [0, 0.05) is 12.6 Å². The molecule has 2 saturated carbocycles. The molecule has 0 radical (unpaired) electrons. The molecule has 2 nitrogen and oxygen atoms in total. The largest absolute Gasteiger partial charge is 0.389 e. The van der Waals surface area contributed by atoms with Crippen molar-refractivity contribution in [3.8, 4) is 0 Å². The van der Waals surface area contributed by atoms with E-state index in [0.717, 1.165) is 24.8 Å². The molecule has 0 amide bonds. The van der Waals surface area contributed by atoms with Crippen LogP contribution in [0.15, 0.2) is 24.3 Å². The summed E-state index contributed by atoms with van der Waals surface area (Å²) in [5.41, 5.74) is 0.648. The minimum Gasteiger partial charge on any atom is -0.389 e. The summed E-state index contributed by atoms with van der Waals surface area (Å²) in [5, 5.41) is 13.6. The van der Waals surface area contributed by atoms with Crippen molar-refractivity contribution in [1.82, 2.24) is 5.32 Å². The number of aliphatic hydroxyl groups is 1. The van der Waals surface area contributed by atoms with E-state index in [1.54, 1.807) is 0 Å². The lowest BCUT2D eigenvalue weighted by molar-refractivity contribution is -0.0337. The van der Waals surface area contributed by atoms with Gasteiger partial charge in [0.25, 0.3) is 0 Å². The number of nitrogens with one attached hydrogen (secondary N) is 1. The summed E-state index contributed by atoms with van der Waals surface area (Å²) in [5.74, 6) is 0.463. The molecule has 0 saturated heterocycles. The zero-order chi connectivity index (χ0) is 12.6. The molecular formula is C15H20FNO. The smallest absolute Gasteiger partial charge is 0.123 e. The van der Waals surface area contributed by atoms with Gasteiger partial charge in [-0.05, 0) is 55.7 Å². The molecule has 18 heavy (non-hydrogen) atoms. The lowest BCUT2D eigenvalue weighted by Gasteiger charge is -2.38. The summed E-state index contributed by atoms with van der Waals surface area (Å²) >= 11 is 0. The second-order valence-electron chi connectivity index (χ2n) is 5.83. The van der Waals surface area contributed by atoms with Crippen LogP contribution >= 0.6 is 0 Å². The van der Waals surface area contributed by atoms with Crippen LogP contribution in [0.4, 0.5) is 4.39 Å². The van der Waals surface area contributed by atoms with Crippen molar-refractivity contribution in [2.75, 3.05) is 6.54 Å². The lowest BCUT2D eigenvalue weighted by atomic mass is 9.80. The molecule has 3 rings (SSSR count). The van der Waals surface area contributed by atoms with E-state index in [1.165, 1.54) is 25.0 Å². The van der Waals surface area contributed by atoms with Gasteiger partial charge in [0.2, 0.25) is 0 Å². The molecule has 2 aliphatic rings. The maximum absolute atomic E-state index is 12.9. The van der Waals surface area contributed by atoms with E-state index >= 15 is 0 Å².